The average Bonchev–Trinajstić information content (AvgIpc) is 2.25. The van der Waals surface area contributed by atoms with Gasteiger partial charge in [0.25, 0.3) is 0 Å². The number of hydrogen-bond acceptors (Lipinski definition) is 4. The van der Waals surface area contributed by atoms with Crippen LogP contribution in [0, 0.1) is 0 Å². The summed E-state index contributed by atoms with van der Waals surface area (Å²) in [7, 11) is 0. The molecule has 1 aromatic carbocycles. The van der Waals surface area contributed by atoms with Crippen LogP contribution in [0.15, 0.2) is 12.1 Å². The van der Waals surface area contributed by atoms with Gasteiger partial charge in [0.2, 0.25) is 0 Å². The van der Waals surface area contributed by atoms with Crippen molar-refractivity contribution in [1.82, 2.24) is 0 Å². The molecule has 0 aromatic heterocycles. The molecule has 4 nitrogen and oxygen atoms in total. The zero-order valence-electron chi connectivity index (χ0n) is 8.58. The van der Waals surface area contributed by atoms with Gasteiger partial charge in [0.15, 0.2) is 0 Å². The van der Waals surface area contributed by atoms with E-state index >= 15 is 0 Å². The molecule has 1 rings (SSSR count). The molecular formula is C10H13Cl2NO3. The first kappa shape index (κ1) is 13.4. The van der Waals surface area contributed by atoms with E-state index in [9.17, 15) is 0 Å². The third kappa shape index (κ3) is 4.06. The van der Waals surface area contributed by atoms with Crippen molar-refractivity contribution in [2.24, 2.45) is 0 Å². The van der Waals surface area contributed by atoms with Crippen molar-refractivity contribution in [3.05, 3.63) is 22.2 Å². The molecule has 0 aliphatic rings. The lowest BCUT2D eigenvalue weighted by molar-refractivity contribution is 0.0707. The topological polar surface area (TPSA) is 64.7 Å². The molecular weight excluding hydrogens is 253 g/mol. The SMILES string of the molecule is Nc1cc(Cl)c(Cl)cc1OCCOCCO. The average molecular weight is 266 g/mol. The van der Waals surface area contributed by atoms with Gasteiger partial charge >= 0.3 is 0 Å². The summed E-state index contributed by atoms with van der Waals surface area (Å²) in [6, 6.07) is 3.10. The summed E-state index contributed by atoms with van der Waals surface area (Å²) >= 11 is 11.6. The highest BCUT2D eigenvalue weighted by Crippen LogP contribution is 2.32. The fraction of sp³-hybridized carbons (Fsp3) is 0.400. The van der Waals surface area contributed by atoms with Crippen molar-refractivity contribution in [3.63, 3.8) is 0 Å². The zero-order chi connectivity index (χ0) is 12.0. The lowest BCUT2D eigenvalue weighted by atomic mass is 10.3. The van der Waals surface area contributed by atoms with Crippen LogP contribution >= 0.6 is 23.2 Å². The van der Waals surface area contributed by atoms with Gasteiger partial charge in [-0.05, 0) is 6.07 Å². The van der Waals surface area contributed by atoms with Crippen LogP contribution in [0.5, 0.6) is 5.75 Å². The van der Waals surface area contributed by atoms with E-state index < -0.39 is 0 Å². The fourth-order valence-corrected chi connectivity index (χ4v) is 1.37. The second kappa shape index (κ2) is 6.81. The highest BCUT2D eigenvalue weighted by molar-refractivity contribution is 6.42. The van der Waals surface area contributed by atoms with Gasteiger partial charge in [-0.1, -0.05) is 23.2 Å². The van der Waals surface area contributed by atoms with Crippen molar-refractivity contribution in [1.29, 1.82) is 0 Å². The molecule has 3 N–H and O–H groups in total. The number of aliphatic hydroxyl groups excluding tert-OH is 1. The van der Waals surface area contributed by atoms with Crippen LogP contribution < -0.4 is 10.5 Å². The number of aliphatic hydroxyl groups is 1. The Morgan fingerprint density at radius 2 is 1.81 bits per heavy atom. The number of anilines is 1. The van der Waals surface area contributed by atoms with Crippen molar-refractivity contribution < 1.29 is 14.6 Å². The third-order valence-electron chi connectivity index (χ3n) is 1.77. The van der Waals surface area contributed by atoms with E-state index in [1.807, 2.05) is 0 Å². The van der Waals surface area contributed by atoms with Crippen LogP contribution in [0.3, 0.4) is 0 Å². The number of halogens is 2. The van der Waals surface area contributed by atoms with Gasteiger partial charge in [0.05, 0.1) is 35.6 Å². The first-order valence-electron chi connectivity index (χ1n) is 4.71. The van der Waals surface area contributed by atoms with E-state index in [2.05, 4.69) is 0 Å². The molecule has 0 amide bonds. The van der Waals surface area contributed by atoms with Crippen LogP contribution in [-0.2, 0) is 4.74 Å². The quantitative estimate of drug-likeness (QED) is 0.610. The molecule has 0 saturated heterocycles. The van der Waals surface area contributed by atoms with Crippen LogP contribution in [0.4, 0.5) is 5.69 Å². The minimum Gasteiger partial charge on any atom is -0.489 e. The highest BCUT2D eigenvalue weighted by atomic mass is 35.5. The molecule has 90 valence electrons. The maximum absolute atomic E-state index is 8.48. The molecule has 0 unspecified atom stereocenters. The highest BCUT2D eigenvalue weighted by Gasteiger charge is 2.05. The molecule has 0 aliphatic heterocycles. The molecule has 1 aromatic rings. The number of benzene rings is 1. The van der Waals surface area contributed by atoms with E-state index in [0.29, 0.717) is 41.3 Å². The second-order valence-corrected chi connectivity index (χ2v) is 3.80. The van der Waals surface area contributed by atoms with Crippen molar-refractivity contribution in [2.75, 3.05) is 32.2 Å². The van der Waals surface area contributed by atoms with Gasteiger partial charge in [-0.15, -0.1) is 0 Å². The summed E-state index contributed by atoms with van der Waals surface area (Å²) in [6.07, 6.45) is 0. The molecule has 6 heteroatoms. The summed E-state index contributed by atoms with van der Waals surface area (Å²) in [4.78, 5) is 0. The van der Waals surface area contributed by atoms with Gasteiger partial charge in [0.1, 0.15) is 12.4 Å². The van der Waals surface area contributed by atoms with Crippen molar-refractivity contribution >= 4 is 28.9 Å². The molecule has 0 aliphatic carbocycles. The fourth-order valence-electron chi connectivity index (χ4n) is 1.05. The Bertz CT molecular complexity index is 347. The van der Waals surface area contributed by atoms with Crippen LogP contribution in [0.2, 0.25) is 10.0 Å². The largest absolute Gasteiger partial charge is 0.489 e. The first-order chi connectivity index (χ1) is 7.65. The van der Waals surface area contributed by atoms with Gasteiger partial charge in [-0.25, -0.2) is 0 Å². The minimum atomic E-state index is -0.00505. The van der Waals surface area contributed by atoms with E-state index in [1.165, 1.54) is 6.07 Å². The Balaban J connectivity index is 2.45. The van der Waals surface area contributed by atoms with Gasteiger partial charge in [-0.2, -0.15) is 0 Å². The monoisotopic (exact) mass is 265 g/mol. The minimum absolute atomic E-state index is 0.00505. The number of nitrogens with two attached hydrogens (primary N) is 1. The predicted molar refractivity (Wildman–Crippen MR) is 64.3 cm³/mol. The summed E-state index contributed by atoms with van der Waals surface area (Å²) < 4.78 is 10.4. The van der Waals surface area contributed by atoms with E-state index in [0.717, 1.165) is 0 Å². The Labute approximate surface area is 104 Å². The van der Waals surface area contributed by atoms with Gasteiger partial charge in [0, 0.05) is 6.07 Å². The molecule has 0 radical (unpaired) electrons. The maximum atomic E-state index is 8.48. The third-order valence-corrected chi connectivity index (χ3v) is 2.50. The summed E-state index contributed by atoms with van der Waals surface area (Å²) in [5, 5.41) is 9.26. The smallest absolute Gasteiger partial charge is 0.143 e. The van der Waals surface area contributed by atoms with Crippen LogP contribution in [-0.4, -0.2) is 31.5 Å². The standard InChI is InChI=1S/C10H13Cl2NO3/c11-7-5-9(13)10(6-8(7)12)16-4-3-15-2-1-14/h5-6,14H,1-4,13H2. The molecule has 0 atom stereocenters. The normalized spacial score (nSPS) is 10.4. The Hall–Kier alpha value is -0.680. The van der Waals surface area contributed by atoms with Crippen LogP contribution in [0.25, 0.3) is 0 Å². The summed E-state index contributed by atoms with van der Waals surface area (Å²) in [5.74, 6) is 0.474. The molecule has 0 saturated carbocycles. The van der Waals surface area contributed by atoms with E-state index in [4.69, 9.17) is 43.5 Å². The maximum Gasteiger partial charge on any atom is 0.143 e. The lowest BCUT2D eigenvalue weighted by Gasteiger charge is -2.10. The number of rotatable bonds is 6. The Morgan fingerprint density at radius 1 is 1.12 bits per heavy atom. The molecule has 0 fully saturated rings. The summed E-state index contributed by atoms with van der Waals surface area (Å²) in [5.41, 5.74) is 6.11. The number of ether oxygens (including phenoxy) is 2. The van der Waals surface area contributed by atoms with Crippen molar-refractivity contribution in [2.45, 2.75) is 0 Å². The Morgan fingerprint density at radius 3 is 2.50 bits per heavy atom. The molecule has 0 spiro atoms. The van der Waals surface area contributed by atoms with E-state index in [1.54, 1.807) is 6.07 Å². The first-order valence-corrected chi connectivity index (χ1v) is 5.46. The lowest BCUT2D eigenvalue weighted by Crippen LogP contribution is -2.09. The van der Waals surface area contributed by atoms with E-state index in [-0.39, 0.29) is 6.61 Å². The van der Waals surface area contributed by atoms with Gasteiger partial charge in [-0.3, -0.25) is 0 Å². The number of hydrogen-bond donors (Lipinski definition) is 2. The predicted octanol–water partition coefficient (Wildman–Crippen LogP) is 1.96. The van der Waals surface area contributed by atoms with Crippen molar-refractivity contribution in [3.8, 4) is 5.75 Å². The molecule has 0 heterocycles. The van der Waals surface area contributed by atoms with Crippen LogP contribution in [0.1, 0.15) is 0 Å². The summed E-state index contributed by atoms with van der Waals surface area (Å²) in [6.45, 7) is 0.998. The number of nitrogen functional groups attached to an aromatic ring is 1. The Kier molecular flexibility index (Phi) is 5.69. The molecule has 16 heavy (non-hydrogen) atoms. The molecule has 0 bridgehead atoms. The zero-order valence-corrected chi connectivity index (χ0v) is 10.1. The van der Waals surface area contributed by atoms with Gasteiger partial charge < -0.3 is 20.3 Å². The second-order valence-electron chi connectivity index (χ2n) is 2.99.